The van der Waals surface area contributed by atoms with Crippen molar-refractivity contribution >= 4 is 69.6 Å². The highest BCUT2D eigenvalue weighted by Crippen LogP contribution is 2.26. The van der Waals surface area contributed by atoms with E-state index < -0.39 is 42.1 Å². The summed E-state index contributed by atoms with van der Waals surface area (Å²) < 4.78 is 29.6. The second-order valence-electron chi connectivity index (χ2n) is 9.22. The van der Waals surface area contributed by atoms with Crippen molar-refractivity contribution in [2.75, 3.05) is 43.6 Å². The molecule has 0 saturated carbocycles. The molecule has 0 aliphatic rings. The molecule has 15 nitrogen and oxygen atoms in total. The number of benzene rings is 1. The Balaban J connectivity index is 1.86. The Hall–Kier alpha value is -5.16. The number of aromatic nitrogens is 2. The molecular formula is C31H35N5O10S2. The molecule has 0 bridgehead atoms. The zero-order valence-corrected chi connectivity index (χ0v) is 27.8. The first-order valence-electron chi connectivity index (χ1n) is 14.2. The van der Waals surface area contributed by atoms with Crippen LogP contribution in [0.25, 0.3) is 0 Å². The van der Waals surface area contributed by atoms with Gasteiger partial charge in [-0.1, -0.05) is 45.0 Å². The van der Waals surface area contributed by atoms with Crippen LogP contribution in [0, 0.1) is 5.92 Å². The first-order valence-corrected chi connectivity index (χ1v) is 16.0. The van der Waals surface area contributed by atoms with Crippen molar-refractivity contribution in [3.8, 4) is 0 Å². The number of esters is 5. The fraction of sp³-hybridized carbons (Fsp3) is 0.323. The van der Waals surface area contributed by atoms with E-state index in [1.807, 2.05) is 4.90 Å². The van der Waals surface area contributed by atoms with E-state index in [4.69, 9.17) is 23.7 Å². The predicted molar refractivity (Wildman–Crippen MR) is 177 cm³/mol. The zero-order valence-electron chi connectivity index (χ0n) is 26.2. The summed E-state index contributed by atoms with van der Waals surface area (Å²) in [6, 6.07) is 7.05. The summed E-state index contributed by atoms with van der Waals surface area (Å²) in [5, 5.41) is 9.03. The summed E-state index contributed by atoms with van der Waals surface area (Å²) >= 11 is 2.26. The van der Waals surface area contributed by atoms with E-state index in [1.165, 1.54) is 11.8 Å². The molecule has 0 radical (unpaired) electrons. The van der Waals surface area contributed by atoms with Gasteiger partial charge in [0.25, 0.3) is 6.29 Å². The van der Waals surface area contributed by atoms with Crippen LogP contribution in [0.4, 0.5) is 16.5 Å². The Labute approximate surface area is 285 Å². The molecule has 0 aliphatic heterocycles. The number of thioether (sulfide) groups is 1. The van der Waals surface area contributed by atoms with E-state index in [0.717, 1.165) is 41.5 Å². The van der Waals surface area contributed by atoms with E-state index in [1.54, 1.807) is 31.2 Å². The van der Waals surface area contributed by atoms with Crippen LogP contribution in [0.2, 0.25) is 0 Å². The van der Waals surface area contributed by atoms with Crippen LogP contribution < -0.4 is 4.90 Å². The van der Waals surface area contributed by atoms with Crippen molar-refractivity contribution in [3.05, 3.63) is 74.9 Å². The normalized spacial score (nSPS) is 11.2. The van der Waals surface area contributed by atoms with E-state index in [-0.39, 0.29) is 26.2 Å². The topological polar surface area (TPSA) is 185 Å². The van der Waals surface area contributed by atoms with E-state index in [2.05, 4.69) is 45.9 Å². The summed E-state index contributed by atoms with van der Waals surface area (Å²) in [6.45, 7) is 15.6. The molecular weight excluding hydrogens is 667 g/mol. The monoisotopic (exact) mass is 701 g/mol. The van der Waals surface area contributed by atoms with Gasteiger partial charge in [-0.15, -0.1) is 10.2 Å². The summed E-state index contributed by atoms with van der Waals surface area (Å²) in [5.41, 5.74) is 1.31. The summed E-state index contributed by atoms with van der Waals surface area (Å²) in [5.74, 6) is -3.54. The third kappa shape index (κ3) is 15.0. The number of rotatable bonds is 22. The Kier molecular flexibility index (Phi) is 17.6. The minimum Gasteiger partial charge on any atom is -0.465 e. The minimum atomic E-state index is -1.29. The van der Waals surface area contributed by atoms with Crippen LogP contribution in [0.15, 0.2) is 90.3 Å². The SMILES string of the molecule is C=CC(=O)OCCN(CCOC(=O)C=C)c1ccc(N=Nc2nc(SCCC(=O)OCC(C)C(OC(=O)C=C)OC(=O)C=C)ns2)cc1. The molecule has 2 aromatic rings. The van der Waals surface area contributed by atoms with Gasteiger partial charge in [-0.2, -0.15) is 9.36 Å². The number of carbonyl (C=O) groups is 5. The highest BCUT2D eigenvalue weighted by Gasteiger charge is 2.25. The molecule has 256 valence electrons. The number of carbonyl (C=O) groups excluding carboxylic acids is 5. The molecule has 1 aromatic heterocycles. The Bertz CT molecular complexity index is 1430. The zero-order chi connectivity index (χ0) is 35.3. The molecule has 0 N–H and O–H groups in total. The standard InChI is InChI=1S/C31H35N5O10S2/c1-6-24(37)42-17-15-36(16-18-43-25(38)7-2)23-12-10-22(11-13-23)33-34-30-32-31(35-48-30)47-19-14-28(41)44-20-21(5)29(45-26(39)8-3)46-27(40)9-4/h6-13,21,29H,1-4,14-20H2,5H3. The van der Waals surface area contributed by atoms with Gasteiger partial charge in [-0.25, -0.2) is 19.2 Å². The lowest BCUT2D eigenvalue weighted by molar-refractivity contribution is -0.193. The summed E-state index contributed by atoms with van der Waals surface area (Å²) in [7, 11) is 0. The third-order valence-electron chi connectivity index (χ3n) is 5.71. The van der Waals surface area contributed by atoms with E-state index in [9.17, 15) is 24.0 Å². The number of anilines is 1. The van der Waals surface area contributed by atoms with Crippen molar-refractivity contribution < 1.29 is 47.7 Å². The number of hydrogen-bond donors (Lipinski definition) is 0. The van der Waals surface area contributed by atoms with Crippen LogP contribution in [0.3, 0.4) is 0 Å². The fourth-order valence-corrected chi connectivity index (χ4v) is 4.70. The molecule has 0 aliphatic carbocycles. The largest absolute Gasteiger partial charge is 0.465 e. The molecule has 1 aromatic carbocycles. The van der Waals surface area contributed by atoms with Crippen LogP contribution >= 0.6 is 23.3 Å². The van der Waals surface area contributed by atoms with Gasteiger partial charge in [0.1, 0.15) is 19.8 Å². The molecule has 48 heavy (non-hydrogen) atoms. The molecule has 1 unspecified atom stereocenters. The highest BCUT2D eigenvalue weighted by molar-refractivity contribution is 7.99. The molecule has 2 rings (SSSR count). The highest BCUT2D eigenvalue weighted by atomic mass is 32.2. The van der Waals surface area contributed by atoms with Gasteiger partial charge in [0, 0.05) is 47.3 Å². The van der Waals surface area contributed by atoms with Crippen LogP contribution in [-0.2, 0) is 47.7 Å². The lowest BCUT2D eigenvalue weighted by atomic mass is 10.2. The van der Waals surface area contributed by atoms with Gasteiger partial charge in [0.2, 0.25) is 10.3 Å². The number of ether oxygens (including phenoxy) is 5. The first-order chi connectivity index (χ1) is 23.1. The van der Waals surface area contributed by atoms with Crippen molar-refractivity contribution in [2.24, 2.45) is 16.1 Å². The quantitative estimate of drug-likeness (QED) is 0.0412. The maximum atomic E-state index is 12.2. The van der Waals surface area contributed by atoms with Crippen LogP contribution in [0.1, 0.15) is 13.3 Å². The lowest BCUT2D eigenvalue weighted by Crippen LogP contribution is -2.32. The average Bonchev–Trinajstić information content (AvgIpc) is 3.55. The van der Waals surface area contributed by atoms with Crippen molar-refractivity contribution in [2.45, 2.75) is 24.8 Å². The molecule has 0 fully saturated rings. The predicted octanol–water partition coefficient (Wildman–Crippen LogP) is 4.66. The van der Waals surface area contributed by atoms with Gasteiger partial charge in [0.15, 0.2) is 0 Å². The average molecular weight is 702 g/mol. The number of azo groups is 1. The molecule has 0 spiro atoms. The number of hydrogen-bond acceptors (Lipinski definition) is 17. The van der Waals surface area contributed by atoms with Crippen LogP contribution in [-0.4, -0.2) is 84.2 Å². The fourth-order valence-electron chi connectivity index (χ4n) is 3.32. The smallest absolute Gasteiger partial charge is 0.333 e. The maximum Gasteiger partial charge on any atom is 0.333 e. The molecule has 1 heterocycles. The minimum absolute atomic E-state index is 0.0355. The second kappa shape index (κ2) is 21.6. The van der Waals surface area contributed by atoms with E-state index >= 15 is 0 Å². The van der Waals surface area contributed by atoms with Gasteiger partial charge < -0.3 is 28.6 Å². The van der Waals surface area contributed by atoms with Gasteiger partial charge >= 0.3 is 29.8 Å². The van der Waals surface area contributed by atoms with Crippen LogP contribution in [0.5, 0.6) is 0 Å². The Morgan fingerprint density at radius 3 is 1.96 bits per heavy atom. The van der Waals surface area contributed by atoms with Gasteiger partial charge in [0.05, 0.1) is 31.1 Å². The van der Waals surface area contributed by atoms with Crippen molar-refractivity contribution in [1.29, 1.82) is 0 Å². The van der Waals surface area contributed by atoms with Gasteiger partial charge in [-0.3, -0.25) is 4.79 Å². The Morgan fingerprint density at radius 2 is 1.42 bits per heavy atom. The van der Waals surface area contributed by atoms with E-state index in [0.29, 0.717) is 34.8 Å². The maximum absolute atomic E-state index is 12.2. The first kappa shape index (κ1) is 39.0. The summed E-state index contributed by atoms with van der Waals surface area (Å²) in [4.78, 5) is 64.3. The second-order valence-corrected chi connectivity index (χ2v) is 11.0. The Morgan fingerprint density at radius 1 is 0.854 bits per heavy atom. The lowest BCUT2D eigenvalue weighted by Gasteiger charge is -2.24. The van der Waals surface area contributed by atoms with Gasteiger partial charge in [-0.05, 0) is 24.3 Å². The molecule has 17 heteroatoms. The summed E-state index contributed by atoms with van der Waals surface area (Å²) in [6.07, 6.45) is 2.74. The molecule has 1 atom stereocenters. The van der Waals surface area contributed by atoms with Crippen molar-refractivity contribution in [3.63, 3.8) is 0 Å². The third-order valence-corrected chi connectivity index (χ3v) is 7.28. The number of nitrogens with zero attached hydrogens (tertiary/aromatic N) is 5. The molecule has 0 saturated heterocycles. The molecule has 0 amide bonds. The van der Waals surface area contributed by atoms with Crippen molar-refractivity contribution in [1.82, 2.24) is 9.36 Å².